The zero-order chi connectivity index (χ0) is 19.1. The van der Waals surface area contributed by atoms with Gasteiger partial charge in [0.1, 0.15) is 12.3 Å². The number of carbonyl (C=O) groups is 1. The summed E-state index contributed by atoms with van der Waals surface area (Å²) in [6, 6.07) is 22.5. The van der Waals surface area contributed by atoms with Gasteiger partial charge in [0.25, 0.3) is 0 Å². The van der Waals surface area contributed by atoms with E-state index in [9.17, 15) is 9.70 Å². The van der Waals surface area contributed by atoms with E-state index in [1.165, 1.54) is 18.7 Å². The molecule has 0 aliphatic heterocycles. The van der Waals surface area contributed by atoms with Crippen LogP contribution >= 0.6 is 11.8 Å². The molecule has 3 rings (SSSR count). The average molecular weight is 379 g/mol. The smallest absolute Gasteiger partial charge is 0.308 e. The van der Waals surface area contributed by atoms with Crippen LogP contribution < -0.4 is 9.47 Å². The van der Waals surface area contributed by atoms with Gasteiger partial charge in [-0.2, -0.15) is 4.91 Å². The fraction of sp³-hybridized carbons (Fsp3) is 0.0952. The largest absolute Gasteiger partial charge is 0.452 e. The molecule has 0 atom stereocenters. The normalized spacial score (nSPS) is 10.3. The van der Waals surface area contributed by atoms with Gasteiger partial charge in [-0.1, -0.05) is 59.4 Å². The zero-order valence-corrected chi connectivity index (χ0v) is 15.4. The van der Waals surface area contributed by atoms with Crippen LogP contribution in [0.2, 0.25) is 0 Å². The lowest BCUT2D eigenvalue weighted by molar-refractivity contribution is -0.132. The second-order valence-electron chi connectivity index (χ2n) is 5.59. The summed E-state index contributed by atoms with van der Waals surface area (Å²) in [7, 11) is 0. The predicted molar refractivity (Wildman–Crippen MR) is 104 cm³/mol. The molecule has 0 aromatic heterocycles. The molecule has 0 aliphatic carbocycles. The van der Waals surface area contributed by atoms with Crippen molar-refractivity contribution in [2.24, 2.45) is 5.18 Å². The van der Waals surface area contributed by atoms with E-state index in [0.717, 1.165) is 9.79 Å². The topological polar surface area (TPSA) is 65.0 Å². The molecule has 0 fully saturated rings. The Morgan fingerprint density at radius 3 is 2.22 bits per heavy atom. The van der Waals surface area contributed by atoms with E-state index in [-0.39, 0.29) is 12.3 Å². The standard InChI is InChI=1S/C21H17NO4S/c1-15(23)25-20-16(14-22-24)12-13-19(27-18-10-6-3-7-11-18)21(20)26-17-8-4-2-5-9-17/h2-13H,14H2,1H3. The first-order valence-corrected chi connectivity index (χ1v) is 9.08. The quantitative estimate of drug-likeness (QED) is 0.294. The minimum Gasteiger partial charge on any atom is -0.452 e. The van der Waals surface area contributed by atoms with Crippen LogP contribution in [0, 0.1) is 4.91 Å². The number of nitrogens with zero attached hydrogens (tertiary/aromatic N) is 1. The third-order valence-corrected chi connectivity index (χ3v) is 4.62. The van der Waals surface area contributed by atoms with Crippen molar-refractivity contribution in [2.45, 2.75) is 23.3 Å². The second-order valence-corrected chi connectivity index (χ2v) is 6.71. The monoisotopic (exact) mass is 379 g/mol. The van der Waals surface area contributed by atoms with Crippen LogP contribution in [0.3, 0.4) is 0 Å². The number of nitroso groups, excluding NO2 is 1. The third-order valence-electron chi connectivity index (χ3n) is 3.57. The minimum atomic E-state index is -0.498. The maximum atomic E-state index is 11.7. The lowest BCUT2D eigenvalue weighted by Gasteiger charge is -2.17. The molecule has 136 valence electrons. The Morgan fingerprint density at radius 1 is 0.926 bits per heavy atom. The first-order chi connectivity index (χ1) is 13.2. The van der Waals surface area contributed by atoms with Crippen molar-refractivity contribution in [1.29, 1.82) is 0 Å². The summed E-state index contributed by atoms with van der Waals surface area (Å²) in [5, 5.41) is 2.93. The predicted octanol–water partition coefficient (Wildman–Crippen LogP) is 5.82. The highest BCUT2D eigenvalue weighted by Crippen LogP contribution is 2.45. The maximum Gasteiger partial charge on any atom is 0.308 e. The van der Waals surface area contributed by atoms with Gasteiger partial charge in [0.15, 0.2) is 11.5 Å². The van der Waals surface area contributed by atoms with E-state index in [1.807, 2.05) is 54.6 Å². The third kappa shape index (κ3) is 4.95. The van der Waals surface area contributed by atoms with Gasteiger partial charge >= 0.3 is 5.97 Å². The number of hydrogen-bond acceptors (Lipinski definition) is 6. The number of hydrogen-bond donors (Lipinski definition) is 0. The Labute approximate surface area is 161 Å². The highest BCUT2D eigenvalue weighted by molar-refractivity contribution is 7.99. The molecular weight excluding hydrogens is 362 g/mol. The van der Waals surface area contributed by atoms with Crippen molar-refractivity contribution in [3.63, 3.8) is 0 Å². The first kappa shape index (κ1) is 18.7. The van der Waals surface area contributed by atoms with Gasteiger partial charge < -0.3 is 9.47 Å². The molecule has 5 nitrogen and oxygen atoms in total. The highest BCUT2D eigenvalue weighted by Gasteiger charge is 2.20. The summed E-state index contributed by atoms with van der Waals surface area (Å²) in [4.78, 5) is 24.2. The lowest BCUT2D eigenvalue weighted by Crippen LogP contribution is -2.06. The first-order valence-electron chi connectivity index (χ1n) is 8.26. The zero-order valence-electron chi connectivity index (χ0n) is 14.6. The molecule has 0 radical (unpaired) electrons. The minimum absolute atomic E-state index is 0.121. The summed E-state index contributed by atoms with van der Waals surface area (Å²) in [5.41, 5.74) is 0.489. The van der Waals surface area contributed by atoms with Gasteiger partial charge in [0, 0.05) is 17.4 Å². The molecule has 0 unspecified atom stereocenters. The lowest BCUT2D eigenvalue weighted by atomic mass is 10.2. The van der Waals surface area contributed by atoms with Crippen LogP contribution in [0.5, 0.6) is 17.2 Å². The molecule has 0 aliphatic rings. The molecule has 0 heterocycles. The number of rotatable bonds is 7. The summed E-state index contributed by atoms with van der Waals surface area (Å²) in [5.74, 6) is 0.692. The van der Waals surface area contributed by atoms with E-state index in [2.05, 4.69) is 5.18 Å². The molecule has 3 aromatic carbocycles. The van der Waals surface area contributed by atoms with Crippen molar-refractivity contribution in [2.75, 3.05) is 0 Å². The van der Waals surface area contributed by atoms with E-state index >= 15 is 0 Å². The Kier molecular flexibility index (Phi) is 6.22. The molecule has 0 saturated carbocycles. The van der Waals surface area contributed by atoms with Crippen LogP contribution in [0.1, 0.15) is 12.5 Å². The van der Waals surface area contributed by atoms with Gasteiger partial charge in [0.2, 0.25) is 0 Å². The maximum absolute atomic E-state index is 11.7. The SMILES string of the molecule is CC(=O)Oc1c(CN=O)ccc(Sc2ccccc2)c1Oc1ccccc1. The second kappa shape index (κ2) is 9.00. The summed E-state index contributed by atoms with van der Waals surface area (Å²) in [6.45, 7) is 1.19. The van der Waals surface area contributed by atoms with Crippen LogP contribution in [-0.2, 0) is 11.3 Å². The molecule has 3 aromatic rings. The molecule has 0 saturated heterocycles. The van der Waals surface area contributed by atoms with Crippen molar-refractivity contribution >= 4 is 17.7 Å². The number of carbonyl (C=O) groups excluding carboxylic acids is 1. The average Bonchev–Trinajstić information content (AvgIpc) is 2.67. The Hall–Kier alpha value is -3.12. The number of para-hydroxylation sites is 1. The molecule has 27 heavy (non-hydrogen) atoms. The van der Waals surface area contributed by atoms with Gasteiger partial charge in [-0.3, -0.25) is 4.79 Å². The number of esters is 1. The van der Waals surface area contributed by atoms with Crippen LogP contribution in [0.4, 0.5) is 0 Å². The molecular formula is C21H17NO4S. The fourth-order valence-corrected chi connectivity index (χ4v) is 3.34. The van der Waals surface area contributed by atoms with Gasteiger partial charge in [-0.25, -0.2) is 0 Å². The van der Waals surface area contributed by atoms with Crippen molar-refractivity contribution in [1.82, 2.24) is 0 Å². The fourth-order valence-electron chi connectivity index (χ4n) is 2.43. The Balaban J connectivity index is 2.10. The number of benzene rings is 3. The van der Waals surface area contributed by atoms with Crippen molar-refractivity contribution in [3.05, 3.63) is 83.3 Å². The van der Waals surface area contributed by atoms with Crippen molar-refractivity contribution in [3.8, 4) is 17.2 Å². The van der Waals surface area contributed by atoms with E-state index in [0.29, 0.717) is 17.1 Å². The highest BCUT2D eigenvalue weighted by atomic mass is 32.2. The molecule has 0 bridgehead atoms. The molecule has 0 N–H and O–H groups in total. The van der Waals surface area contributed by atoms with Crippen LogP contribution in [0.25, 0.3) is 0 Å². The van der Waals surface area contributed by atoms with Gasteiger partial charge in [0.05, 0.1) is 4.90 Å². The summed E-state index contributed by atoms with van der Waals surface area (Å²) >= 11 is 1.48. The summed E-state index contributed by atoms with van der Waals surface area (Å²) < 4.78 is 11.5. The van der Waals surface area contributed by atoms with Crippen molar-refractivity contribution < 1.29 is 14.3 Å². The number of ether oxygens (including phenoxy) is 2. The Morgan fingerprint density at radius 2 is 1.59 bits per heavy atom. The molecule has 0 spiro atoms. The summed E-state index contributed by atoms with van der Waals surface area (Å²) in [6.07, 6.45) is 0. The van der Waals surface area contributed by atoms with Crippen LogP contribution in [-0.4, -0.2) is 5.97 Å². The van der Waals surface area contributed by atoms with Gasteiger partial charge in [-0.05, 0) is 30.3 Å². The van der Waals surface area contributed by atoms with E-state index < -0.39 is 5.97 Å². The molecule has 6 heteroatoms. The Bertz CT molecular complexity index is 930. The van der Waals surface area contributed by atoms with Crippen LogP contribution in [0.15, 0.2) is 87.8 Å². The van der Waals surface area contributed by atoms with E-state index in [1.54, 1.807) is 18.2 Å². The molecule has 0 amide bonds. The van der Waals surface area contributed by atoms with E-state index in [4.69, 9.17) is 9.47 Å². The van der Waals surface area contributed by atoms with Gasteiger partial charge in [-0.15, -0.1) is 0 Å².